The Bertz CT molecular complexity index is 820. The zero-order chi connectivity index (χ0) is 17.9. The lowest BCUT2D eigenvalue weighted by atomic mass is 10.0. The van der Waals surface area contributed by atoms with E-state index in [1.54, 1.807) is 51.2 Å². The SMILES string of the molecule is Cc1cccn(C(C)(C)C(=O)NCc2ccc(C(=O)O)cc2)c1=O. The van der Waals surface area contributed by atoms with E-state index in [0.717, 1.165) is 5.56 Å². The summed E-state index contributed by atoms with van der Waals surface area (Å²) in [4.78, 5) is 35.6. The van der Waals surface area contributed by atoms with Gasteiger partial charge in [0, 0.05) is 18.3 Å². The van der Waals surface area contributed by atoms with Crippen LogP contribution >= 0.6 is 0 Å². The highest BCUT2D eigenvalue weighted by Gasteiger charge is 2.30. The number of carbonyl (C=O) groups excluding carboxylic acids is 1. The van der Waals surface area contributed by atoms with Crippen LogP contribution in [-0.4, -0.2) is 21.6 Å². The Kier molecular flexibility index (Phi) is 4.87. The molecule has 6 nitrogen and oxygen atoms in total. The molecule has 126 valence electrons. The topological polar surface area (TPSA) is 88.4 Å². The molecule has 2 aromatic rings. The van der Waals surface area contributed by atoms with Gasteiger partial charge in [0.1, 0.15) is 5.54 Å². The molecular weight excluding hydrogens is 308 g/mol. The largest absolute Gasteiger partial charge is 0.478 e. The summed E-state index contributed by atoms with van der Waals surface area (Å²) in [6.45, 7) is 5.31. The molecule has 0 spiro atoms. The minimum Gasteiger partial charge on any atom is -0.478 e. The molecular formula is C18H20N2O4. The first-order chi connectivity index (χ1) is 11.2. The van der Waals surface area contributed by atoms with E-state index in [0.29, 0.717) is 5.56 Å². The van der Waals surface area contributed by atoms with Crippen molar-refractivity contribution in [3.8, 4) is 0 Å². The molecule has 0 bridgehead atoms. The van der Waals surface area contributed by atoms with E-state index in [9.17, 15) is 14.4 Å². The smallest absolute Gasteiger partial charge is 0.335 e. The molecule has 2 rings (SSSR count). The molecule has 0 aliphatic heterocycles. The van der Waals surface area contributed by atoms with Gasteiger partial charge >= 0.3 is 5.97 Å². The lowest BCUT2D eigenvalue weighted by Gasteiger charge is -2.26. The normalized spacial score (nSPS) is 11.1. The van der Waals surface area contributed by atoms with Crippen molar-refractivity contribution < 1.29 is 14.7 Å². The number of aromatic nitrogens is 1. The fourth-order valence-electron chi connectivity index (χ4n) is 2.32. The van der Waals surface area contributed by atoms with Crippen molar-refractivity contribution in [2.45, 2.75) is 32.9 Å². The van der Waals surface area contributed by atoms with Gasteiger partial charge in [-0.3, -0.25) is 9.59 Å². The number of carbonyl (C=O) groups is 2. The summed E-state index contributed by atoms with van der Waals surface area (Å²) < 4.78 is 1.41. The van der Waals surface area contributed by atoms with Gasteiger partial charge in [-0.15, -0.1) is 0 Å². The minimum atomic E-state index is -1.04. The van der Waals surface area contributed by atoms with Gasteiger partial charge in [-0.2, -0.15) is 0 Å². The van der Waals surface area contributed by atoms with Gasteiger partial charge in [-0.05, 0) is 44.5 Å². The van der Waals surface area contributed by atoms with Crippen LogP contribution in [0.15, 0.2) is 47.4 Å². The van der Waals surface area contributed by atoms with Gasteiger partial charge in [0.05, 0.1) is 5.56 Å². The number of aryl methyl sites for hydroxylation is 1. The van der Waals surface area contributed by atoms with Gasteiger partial charge in [0.2, 0.25) is 5.91 Å². The number of pyridine rings is 1. The van der Waals surface area contributed by atoms with Gasteiger partial charge < -0.3 is 15.0 Å². The maximum absolute atomic E-state index is 12.5. The van der Waals surface area contributed by atoms with Crippen molar-refractivity contribution in [3.63, 3.8) is 0 Å². The zero-order valence-electron chi connectivity index (χ0n) is 13.9. The van der Waals surface area contributed by atoms with Crippen molar-refractivity contribution in [3.05, 3.63) is 69.6 Å². The highest BCUT2D eigenvalue weighted by molar-refractivity contribution is 5.87. The molecule has 0 aliphatic rings. The number of hydrogen-bond acceptors (Lipinski definition) is 3. The monoisotopic (exact) mass is 328 g/mol. The summed E-state index contributed by atoms with van der Waals surface area (Å²) in [6, 6.07) is 9.71. The maximum Gasteiger partial charge on any atom is 0.335 e. The van der Waals surface area contributed by atoms with Crippen LogP contribution in [-0.2, 0) is 16.9 Å². The lowest BCUT2D eigenvalue weighted by Crippen LogP contribution is -2.48. The summed E-state index contributed by atoms with van der Waals surface area (Å²) >= 11 is 0. The van der Waals surface area contributed by atoms with E-state index >= 15 is 0 Å². The highest BCUT2D eigenvalue weighted by Crippen LogP contribution is 2.14. The van der Waals surface area contributed by atoms with Gasteiger partial charge in [-0.1, -0.05) is 18.2 Å². The molecule has 0 unspecified atom stereocenters. The van der Waals surface area contributed by atoms with Crippen molar-refractivity contribution in [1.82, 2.24) is 9.88 Å². The third-order valence-corrected chi connectivity index (χ3v) is 3.95. The molecule has 1 aromatic carbocycles. The van der Waals surface area contributed by atoms with Crippen LogP contribution in [0.1, 0.15) is 35.3 Å². The number of hydrogen-bond donors (Lipinski definition) is 2. The fourth-order valence-corrected chi connectivity index (χ4v) is 2.32. The number of amides is 1. The Morgan fingerprint density at radius 2 is 1.79 bits per heavy atom. The van der Waals surface area contributed by atoms with Crippen LogP contribution in [0.3, 0.4) is 0 Å². The molecule has 0 radical (unpaired) electrons. The molecule has 1 aromatic heterocycles. The van der Waals surface area contributed by atoms with Crippen molar-refractivity contribution >= 4 is 11.9 Å². The van der Waals surface area contributed by atoms with Crippen molar-refractivity contribution in [2.24, 2.45) is 0 Å². The summed E-state index contributed by atoms with van der Waals surface area (Å²) in [6.07, 6.45) is 1.59. The van der Waals surface area contributed by atoms with E-state index in [1.807, 2.05) is 0 Å². The number of nitrogens with one attached hydrogen (secondary N) is 1. The van der Waals surface area contributed by atoms with Crippen LogP contribution in [0, 0.1) is 6.92 Å². The zero-order valence-corrected chi connectivity index (χ0v) is 13.9. The average Bonchev–Trinajstić information content (AvgIpc) is 2.55. The predicted molar refractivity (Wildman–Crippen MR) is 90.0 cm³/mol. The Balaban J connectivity index is 2.12. The number of carboxylic acid groups (broad SMARTS) is 1. The Morgan fingerprint density at radius 3 is 2.38 bits per heavy atom. The minimum absolute atomic E-state index is 0.191. The number of aromatic carboxylic acids is 1. The molecule has 2 N–H and O–H groups in total. The van der Waals surface area contributed by atoms with E-state index < -0.39 is 11.5 Å². The first kappa shape index (κ1) is 17.5. The Morgan fingerprint density at radius 1 is 1.17 bits per heavy atom. The second kappa shape index (κ2) is 6.70. The molecule has 0 atom stereocenters. The molecule has 1 amide bonds. The third-order valence-electron chi connectivity index (χ3n) is 3.95. The van der Waals surface area contributed by atoms with E-state index in [-0.39, 0.29) is 23.6 Å². The fraction of sp³-hybridized carbons (Fsp3) is 0.278. The molecule has 0 saturated carbocycles. The summed E-state index contributed by atoms with van der Waals surface area (Å²) in [5.74, 6) is -1.29. The van der Waals surface area contributed by atoms with E-state index in [4.69, 9.17) is 5.11 Å². The van der Waals surface area contributed by atoms with E-state index in [1.165, 1.54) is 16.7 Å². The standard InChI is InChI=1S/C18H20N2O4/c1-12-5-4-10-20(15(12)21)18(2,3)17(24)19-11-13-6-8-14(9-7-13)16(22)23/h4-10H,11H2,1-3H3,(H,19,24)(H,22,23). The third kappa shape index (κ3) is 3.53. The van der Waals surface area contributed by atoms with Crippen LogP contribution in [0.5, 0.6) is 0 Å². The first-order valence-electron chi connectivity index (χ1n) is 7.53. The first-order valence-corrected chi connectivity index (χ1v) is 7.53. The summed E-state index contributed by atoms with van der Waals surface area (Å²) in [7, 11) is 0. The van der Waals surface area contributed by atoms with Crippen LogP contribution in [0.2, 0.25) is 0 Å². The van der Waals surface area contributed by atoms with Gasteiger partial charge in [0.15, 0.2) is 0 Å². The summed E-state index contributed by atoms with van der Waals surface area (Å²) in [5, 5.41) is 11.7. The quantitative estimate of drug-likeness (QED) is 0.877. The average molecular weight is 328 g/mol. The van der Waals surface area contributed by atoms with E-state index in [2.05, 4.69) is 5.32 Å². The predicted octanol–water partition coefficient (Wildman–Crippen LogP) is 1.91. The molecule has 0 fully saturated rings. The van der Waals surface area contributed by atoms with Crippen molar-refractivity contribution in [1.29, 1.82) is 0 Å². The second-order valence-corrected chi connectivity index (χ2v) is 6.11. The molecule has 6 heteroatoms. The Hall–Kier alpha value is -2.89. The number of rotatable bonds is 5. The maximum atomic E-state index is 12.5. The molecule has 24 heavy (non-hydrogen) atoms. The molecule has 0 aliphatic carbocycles. The van der Waals surface area contributed by atoms with Crippen LogP contribution in [0.25, 0.3) is 0 Å². The Labute approximate surface area is 139 Å². The number of carboxylic acids is 1. The highest BCUT2D eigenvalue weighted by atomic mass is 16.4. The molecule has 1 heterocycles. The van der Waals surface area contributed by atoms with Gasteiger partial charge in [0.25, 0.3) is 5.56 Å². The summed E-state index contributed by atoms with van der Waals surface area (Å²) in [5.41, 5.74) is 0.299. The lowest BCUT2D eigenvalue weighted by molar-refractivity contribution is -0.128. The number of benzene rings is 1. The van der Waals surface area contributed by atoms with Crippen molar-refractivity contribution in [2.75, 3.05) is 0 Å². The number of nitrogens with zero attached hydrogens (tertiary/aromatic N) is 1. The second-order valence-electron chi connectivity index (χ2n) is 6.11. The van der Waals surface area contributed by atoms with Gasteiger partial charge in [-0.25, -0.2) is 4.79 Å². The van der Waals surface area contributed by atoms with Crippen LogP contribution < -0.4 is 10.9 Å². The molecule has 0 saturated heterocycles. The van der Waals surface area contributed by atoms with Crippen LogP contribution in [0.4, 0.5) is 0 Å².